The molecule has 6 heteroatoms. The summed E-state index contributed by atoms with van der Waals surface area (Å²) in [5.74, 6) is 0.390. The molecule has 0 aromatic heterocycles. The topological polar surface area (TPSA) is 64.3 Å². The number of ether oxygens (including phenoxy) is 1. The van der Waals surface area contributed by atoms with Crippen molar-refractivity contribution < 1.29 is 9.53 Å². The Morgan fingerprint density at radius 3 is 2.57 bits per heavy atom. The number of nitrogens with one attached hydrogen (secondary N) is 1. The Labute approximate surface area is 136 Å². The third-order valence-electron chi connectivity index (χ3n) is 2.62. The highest BCUT2D eigenvalue weighted by Crippen LogP contribution is 2.17. The molecule has 2 aromatic carbocycles. The van der Waals surface area contributed by atoms with Gasteiger partial charge >= 0.3 is 0 Å². The molecule has 4 nitrogen and oxygen atoms in total. The minimum Gasteiger partial charge on any atom is -0.484 e. The summed E-state index contributed by atoms with van der Waals surface area (Å²) in [6.07, 6.45) is 0. The number of carbonyl (C=O) groups excluding carboxylic acids is 1. The standard InChI is InChI=1S/C15H13BrN2O2S/c16-11-2-1-3-13(8-11)20-9-14(19)18-12-6-4-10(5-7-12)15(17)21/h1-8H,9H2,(H2,17,21)(H,18,19). The third kappa shape index (κ3) is 4.84. The first kappa shape index (κ1) is 15.5. The molecule has 0 aliphatic heterocycles. The zero-order valence-corrected chi connectivity index (χ0v) is 13.4. The zero-order chi connectivity index (χ0) is 15.2. The van der Waals surface area contributed by atoms with Crippen LogP contribution in [-0.4, -0.2) is 17.5 Å². The molecule has 0 saturated carbocycles. The van der Waals surface area contributed by atoms with Crippen molar-refractivity contribution in [1.82, 2.24) is 0 Å². The lowest BCUT2D eigenvalue weighted by molar-refractivity contribution is -0.118. The number of anilines is 1. The molecule has 0 fully saturated rings. The predicted octanol–water partition coefficient (Wildman–Crippen LogP) is 3.10. The highest BCUT2D eigenvalue weighted by molar-refractivity contribution is 9.10. The maximum atomic E-state index is 11.8. The quantitative estimate of drug-likeness (QED) is 0.800. The lowest BCUT2D eigenvalue weighted by atomic mass is 10.2. The maximum absolute atomic E-state index is 11.8. The average molecular weight is 365 g/mol. The molecule has 0 aliphatic rings. The van der Waals surface area contributed by atoms with E-state index in [2.05, 4.69) is 21.2 Å². The molecule has 0 saturated heterocycles. The smallest absolute Gasteiger partial charge is 0.262 e. The summed E-state index contributed by atoms with van der Waals surface area (Å²) in [6, 6.07) is 14.3. The molecule has 0 unspecified atom stereocenters. The molecule has 3 N–H and O–H groups in total. The normalized spacial score (nSPS) is 9.95. The van der Waals surface area contributed by atoms with Crippen LogP contribution in [0.25, 0.3) is 0 Å². The van der Waals surface area contributed by atoms with Crippen LogP contribution in [0.3, 0.4) is 0 Å². The number of carbonyl (C=O) groups is 1. The Hall–Kier alpha value is -1.92. The summed E-state index contributed by atoms with van der Waals surface area (Å²) in [6.45, 7) is -0.0620. The van der Waals surface area contributed by atoms with Crippen molar-refractivity contribution in [3.63, 3.8) is 0 Å². The van der Waals surface area contributed by atoms with E-state index in [1.807, 2.05) is 12.1 Å². The number of benzene rings is 2. The number of hydrogen-bond donors (Lipinski definition) is 2. The van der Waals surface area contributed by atoms with Gasteiger partial charge in [0, 0.05) is 15.7 Å². The number of hydrogen-bond acceptors (Lipinski definition) is 3. The number of rotatable bonds is 5. The summed E-state index contributed by atoms with van der Waals surface area (Å²) in [5, 5.41) is 2.73. The van der Waals surface area contributed by atoms with Gasteiger partial charge in [-0.3, -0.25) is 4.79 Å². The molecule has 0 aliphatic carbocycles. The van der Waals surface area contributed by atoms with Crippen molar-refractivity contribution in [3.8, 4) is 5.75 Å². The number of nitrogens with two attached hydrogens (primary N) is 1. The molecule has 0 spiro atoms. The van der Waals surface area contributed by atoms with E-state index in [-0.39, 0.29) is 12.5 Å². The van der Waals surface area contributed by atoms with Crippen LogP contribution in [0.2, 0.25) is 0 Å². The fraction of sp³-hybridized carbons (Fsp3) is 0.0667. The lowest BCUT2D eigenvalue weighted by Gasteiger charge is -2.08. The van der Waals surface area contributed by atoms with Gasteiger partial charge in [0.25, 0.3) is 5.91 Å². The molecule has 1 amide bonds. The van der Waals surface area contributed by atoms with Crippen LogP contribution in [0.5, 0.6) is 5.75 Å². The van der Waals surface area contributed by atoms with Crippen LogP contribution >= 0.6 is 28.1 Å². The molecule has 2 aromatic rings. The van der Waals surface area contributed by atoms with Crippen LogP contribution in [0, 0.1) is 0 Å². The van der Waals surface area contributed by atoms with Crippen molar-refractivity contribution in [1.29, 1.82) is 0 Å². The number of halogens is 1. The van der Waals surface area contributed by atoms with Gasteiger partial charge in [0.1, 0.15) is 10.7 Å². The Bertz CT molecular complexity index is 659. The lowest BCUT2D eigenvalue weighted by Crippen LogP contribution is -2.20. The molecule has 108 valence electrons. The maximum Gasteiger partial charge on any atom is 0.262 e. The summed E-state index contributed by atoms with van der Waals surface area (Å²) >= 11 is 8.21. The van der Waals surface area contributed by atoms with E-state index in [4.69, 9.17) is 22.7 Å². The van der Waals surface area contributed by atoms with Crippen molar-refractivity contribution in [3.05, 3.63) is 58.6 Å². The highest BCUT2D eigenvalue weighted by Gasteiger charge is 2.04. The first-order valence-electron chi connectivity index (χ1n) is 6.12. The summed E-state index contributed by atoms with van der Waals surface area (Å²) in [7, 11) is 0. The fourth-order valence-corrected chi connectivity index (χ4v) is 2.13. The molecule has 0 radical (unpaired) electrons. The first-order chi connectivity index (χ1) is 10.0. The van der Waals surface area contributed by atoms with E-state index < -0.39 is 0 Å². The average Bonchev–Trinajstić information content (AvgIpc) is 2.46. The van der Waals surface area contributed by atoms with Crippen LogP contribution in [0.1, 0.15) is 5.56 Å². The molecule has 0 bridgehead atoms. The van der Waals surface area contributed by atoms with E-state index >= 15 is 0 Å². The minimum atomic E-state index is -0.238. The predicted molar refractivity (Wildman–Crippen MR) is 90.6 cm³/mol. The van der Waals surface area contributed by atoms with Crippen LogP contribution in [0.15, 0.2) is 53.0 Å². The minimum absolute atomic E-state index is 0.0620. The summed E-state index contributed by atoms with van der Waals surface area (Å²) in [4.78, 5) is 12.1. The van der Waals surface area contributed by atoms with Gasteiger partial charge < -0.3 is 15.8 Å². The van der Waals surface area contributed by atoms with E-state index in [0.717, 1.165) is 10.0 Å². The fourth-order valence-electron chi connectivity index (χ4n) is 1.62. The van der Waals surface area contributed by atoms with Crippen molar-refractivity contribution in [2.75, 3.05) is 11.9 Å². The summed E-state index contributed by atoms with van der Waals surface area (Å²) in [5.41, 5.74) is 6.93. The Morgan fingerprint density at radius 1 is 1.24 bits per heavy atom. The molecule has 0 atom stereocenters. The van der Waals surface area contributed by atoms with E-state index in [9.17, 15) is 4.79 Å². The summed E-state index contributed by atoms with van der Waals surface area (Å²) < 4.78 is 6.30. The zero-order valence-electron chi connectivity index (χ0n) is 11.0. The van der Waals surface area contributed by atoms with Crippen LogP contribution in [0.4, 0.5) is 5.69 Å². The molecular weight excluding hydrogens is 352 g/mol. The van der Waals surface area contributed by atoms with E-state index in [0.29, 0.717) is 16.4 Å². The van der Waals surface area contributed by atoms with Crippen molar-refractivity contribution in [2.45, 2.75) is 0 Å². The highest BCUT2D eigenvalue weighted by atomic mass is 79.9. The second kappa shape index (κ2) is 7.19. The largest absolute Gasteiger partial charge is 0.484 e. The van der Waals surface area contributed by atoms with Gasteiger partial charge in [-0.15, -0.1) is 0 Å². The Balaban J connectivity index is 1.88. The van der Waals surface area contributed by atoms with Crippen LogP contribution < -0.4 is 15.8 Å². The second-order valence-corrected chi connectivity index (χ2v) is 5.59. The van der Waals surface area contributed by atoms with Gasteiger partial charge in [-0.05, 0) is 42.5 Å². The molecule has 0 heterocycles. The van der Waals surface area contributed by atoms with Gasteiger partial charge in [-0.1, -0.05) is 34.2 Å². The number of thiocarbonyl (C=S) groups is 1. The van der Waals surface area contributed by atoms with E-state index in [1.54, 1.807) is 36.4 Å². The van der Waals surface area contributed by atoms with Gasteiger partial charge in [0.15, 0.2) is 6.61 Å². The molecule has 2 rings (SSSR count). The van der Waals surface area contributed by atoms with E-state index in [1.165, 1.54) is 0 Å². The second-order valence-electron chi connectivity index (χ2n) is 4.24. The van der Waals surface area contributed by atoms with Gasteiger partial charge in [-0.2, -0.15) is 0 Å². The van der Waals surface area contributed by atoms with Gasteiger partial charge in [0.05, 0.1) is 0 Å². The van der Waals surface area contributed by atoms with Crippen LogP contribution in [-0.2, 0) is 4.79 Å². The van der Waals surface area contributed by atoms with Crippen molar-refractivity contribution >= 4 is 44.7 Å². The Kier molecular flexibility index (Phi) is 5.30. The van der Waals surface area contributed by atoms with Crippen molar-refractivity contribution in [2.24, 2.45) is 5.73 Å². The first-order valence-corrected chi connectivity index (χ1v) is 7.33. The molecular formula is C15H13BrN2O2S. The monoisotopic (exact) mass is 364 g/mol. The third-order valence-corrected chi connectivity index (χ3v) is 3.35. The SMILES string of the molecule is NC(=S)c1ccc(NC(=O)COc2cccc(Br)c2)cc1. The number of amides is 1. The van der Waals surface area contributed by atoms with Gasteiger partial charge in [0.2, 0.25) is 0 Å². The molecule has 21 heavy (non-hydrogen) atoms. The van der Waals surface area contributed by atoms with Gasteiger partial charge in [-0.25, -0.2) is 0 Å². The Morgan fingerprint density at radius 2 is 1.95 bits per heavy atom.